The number of carbonyl (C=O) groups excluding carboxylic acids is 3. The van der Waals surface area contributed by atoms with Gasteiger partial charge in [0.05, 0.1) is 0 Å². The zero-order valence-corrected chi connectivity index (χ0v) is 9.47. The molecule has 5 nitrogen and oxygen atoms in total. The molecule has 1 aromatic rings. The van der Waals surface area contributed by atoms with E-state index < -0.39 is 23.5 Å². The number of phenols is 1. The van der Waals surface area contributed by atoms with E-state index in [1.54, 1.807) is 0 Å². The molecule has 0 aliphatic heterocycles. The molecule has 5 heteroatoms. The highest BCUT2D eigenvalue weighted by molar-refractivity contribution is 6.16. The summed E-state index contributed by atoms with van der Waals surface area (Å²) in [6.45, 7) is 2.31. The lowest BCUT2D eigenvalue weighted by Crippen LogP contribution is -2.32. The molecule has 0 amide bonds. The predicted molar refractivity (Wildman–Crippen MR) is 58.6 cm³/mol. The van der Waals surface area contributed by atoms with Crippen molar-refractivity contribution in [2.45, 2.75) is 13.8 Å². The molecule has 0 atom stereocenters. The van der Waals surface area contributed by atoms with Gasteiger partial charge in [0.2, 0.25) is 0 Å². The highest BCUT2D eigenvalue weighted by atomic mass is 16.5. The minimum Gasteiger partial charge on any atom is -0.508 e. The molecule has 0 saturated carbocycles. The van der Waals surface area contributed by atoms with E-state index in [-0.39, 0.29) is 11.5 Å². The standard InChI is InChI=1S/C12H12O5/c1-7(13)11(8(2)14)12(16)17-10-5-3-9(15)4-6-10/h3-6,11,15H,1-2H3. The maximum atomic E-state index is 11.6. The van der Waals surface area contributed by atoms with Gasteiger partial charge in [-0.1, -0.05) is 0 Å². The Balaban J connectivity index is 2.80. The Morgan fingerprint density at radius 2 is 1.53 bits per heavy atom. The number of ketones is 2. The second-order valence-electron chi connectivity index (χ2n) is 3.57. The topological polar surface area (TPSA) is 80.7 Å². The quantitative estimate of drug-likeness (QED) is 0.481. The van der Waals surface area contributed by atoms with Gasteiger partial charge in [-0.05, 0) is 38.1 Å². The number of carbonyl (C=O) groups is 3. The van der Waals surface area contributed by atoms with Gasteiger partial charge < -0.3 is 9.84 Å². The van der Waals surface area contributed by atoms with Crippen LogP contribution in [-0.2, 0) is 14.4 Å². The summed E-state index contributed by atoms with van der Waals surface area (Å²) >= 11 is 0. The normalized spacial score (nSPS) is 10.1. The van der Waals surface area contributed by atoms with Crippen LogP contribution in [0.5, 0.6) is 11.5 Å². The maximum absolute atomic E-state index is 11.6. The number of aromatic hydroxyl groups is 1. The SMILES string of the molecule is CC(=O)C(C(C)=O)C(=O)Oc1ccc(O)cc1. The lowest BCUT2D eigenvalue weighted by atomic mass is 10.0. The Bertz CT molecular complexity index is 432. The Morgan fingerprint density at radius 3 is 1.94 bits per heavy atom. The molecule has 0 fully saturated rings. The lowest BCUT2D eigenvalue weighted by molar-refractivity contribution is -0.147. The van der Waals surface area contributed by atoms with Crippen molar-refractivity contribution in [1.29, 1.82) is 0 Å². The van der Waals surface area contributed by atoms with Crippen molar-refractivity contribution in [1.82, 2.24) is 0 Å². The van der Waals surface area contributed by atoms with Crippen LogP contribution < -0.4 is 4.74 Å². The van der Waals surface area contributed by atoms with Gasteiger partial charge in [-0.25, -0.2) is 0 Å². The summed E-state index contributed by atoms with van der Waals surface area (Å²) in [6, 6.07) is 5.40. The van der Waals surface area contributed by atoms with Crippen LogP contribution in [0.25, 0.3) is 0 Å². The Hall–Kier alpha value is -2.17. The first kappa shape index (κ1) is 12.9. The van der Waals surface area contributed by atoms with Crippen LogP contribution in [0.2, 0.25) is 0 Å². The van der Waals surface area contributed by atoms with Gasteiger partial charge in [0, 0.05) is 0 Å². The predicted octanol–water partition coefficient (Wildman–Crippen LogP) is 1.09. The van der Waals surface area contributed by atoms with E-state index in [9.17, 15) is 14.4 Å². The smallest absolute Gasteiger partial charge is 0.329 e. The molecule has 0 spiro atoms. The van der Waals surface area contributed by atoms with Gasteiger partial charge in [0.15, 0.2) is 17.5 Å². The van der Waals surface area contributed by atoms with E-state index in [0.29, 0.717) is 0 Å². The molecule has 0 unspecified atom stereocenters. The monoisotopic (exact) mass is 236 g/mol. The van der Waals surface area contributed by atoms with Gasteiger partial charge in [-0.15, -0.1) is 0 Å². The van der Waals surface area contributed by atoms with Crippen LogP contribution in [-0.4, -0.2) is 22.6 Å². The summed E-state index contributed by atoms with van der Waals surface area (Å²) in [5, 5.41) is 9.03. The Labute approximate surface area is 98.0 Å². The minimum absolute atomic E-state index is 0.0273. The molecule has 0 aliphatic carbocycles. The molecule has 0 aliphatic rings. The molecule has 1 rings (SSSR count). The fraction of sp³-hybridized carbons (Fsp3) is 0.250. The largest absolute Gasteiger partial charge is 0.508 e. The molecule has 0 bridgehead atoms. The summed E-state index contributed by atoms with van der Waals surface area (Å²) in [6.07, 6.45) is 0. The zero-order valence-electron chi connectivity index (χ0n) is 9.47. The number of esters is 1. The Kier molecular flexibility index (Phi) is 3.98. The second-order valence-corrected chi connectivity index (χ2v) is 3.57. The lowest BCUT2D eigenvalue weighted by Gasteiger charge is -2.09. The van der Waals surface area contributed by atoms with Gasteiger partial charge >= 0.3 is 5.97 Å². The van der Waals surface area contributed by atoms with Crippen molar-refractivity contribution in [3.8, 4) is 11.5 Å². The number of Topliss-reactive ketones (excluding diaryl/α,β-unsaturated/α-hetero) is 2. The van der Waals surface area contributed by atoms with Crippen molar-refractivity contribution in [2.75, 3.05) is 0 Å². The number of benzene rings is 1. The van der Waals surface area contributed by atoms with Gasteiger partial charge in [0.1, 0.15) is 11.5 Å². The van der Waals surface area contributed by atoms with E-state index in [4.69, 9.17) is 9.84 Å². The zero-order chi connectivity index (χ0) is 13.0. The maximum Gasteiger partial charge on any atom is 0.329 e. The van der Waals surface area contributed by atoms with Crippen LogP contribution in [0.4, 0.5) is 0 Å². The van der Waals surface area contributed by atoms with Crippen LogP contribution >= 0.6 is 0 Å². The van der Waals surface area contributed by atoms with E-state index in [1.165, 1.54) is 24.3 Å². The molecular formula is C12H12O5. The van der Waals surface area contributed by atoms with Crippen LogP contribution in [0.1, 0.15) is 13.8 Å². The minimum atomic E-state index is -1.39. The van der Waals surface area contributed by atoms with E-state index in [1.807, 2.05) is 0 Å². The highest BCUT2D eigenvalue weighted by Crippen LogP contribution is 2.17. The molecule has 0 saturated heterocycles. The van der Waals surface area contributed by atoms with Crippen LogP contribution in [0.3, 0.4) is 0 Å². The van der Waals surface area contributed by atoms with Crippen LogP contribution in [0, 0.1) is 5.92 Å². The van der Waals surface area contributed by atoms with E-state index >= 15 is 0 Å². The number of rotatable bonds is 4. The van der Waals surface area contributed by atoms with Crippen molar-refractivity contribution in [2.24, 2.45) is 5.92 Å². The van der Waals surface area contributed by atoms with Crippen LogP contribution in [0.15, 0.2) is 24.3 Å². The highest BCUT2D eigenvalue weighted by Gasteiger charge is 2.29. The summed E-state index contributed by atoms with van der Waals surface area (Å²) in [7, 11) is 0. The molecule has 0 radical (unpaired) electrons. The molecule has 1 aromatic carbocycles. The average Bonchev–Trinajstić information content (AvgIpc) is 2.20. The van der Waals surface area contributed by atoms with Gasteiger partial charge in [0.25, 0.3) is 0 Å². The molecular weight excluding hydrogens is 224 g/mol. The summed E-state index contributed by atoms with van der Waals surface area (Å²) in [4.78, 5) is 33.8. The molecule has 17 heavy (non-hydrogen) atoms. The summed E-state index contributed by atoms with van der Waals surface area (Å²) in [5.74, 6) is -3.21. The number of hydrogen-bond acceptors (Lipinski definition) is 5. The van der Waals surface area contributed by atoms with Crippen molar-refractivity contribution < 1.29 is 24.2 Å². The third-order valence-electron chi connectivity index (χ3n) is 2.10. The number of phenolic OH excluding ortho intramolecular Hbond substituents is 1. The molecule has 90 valence electrons. The Morgan fingerprint density at radius 1 is 1.06 bits per heavy atom. The van der Waals surface area contributed by atoms with Gasteiger partial charge in [-0.2, -0.15) is 0 Å². The fourth-order valence-corrected chi connectivity index (χ4v) is 1.31. The fourth-order valence-electron chi connectivity index (χ4n) is 1.31. The van der Waals surface area contributed by atoms with Crippen molar-refractivity contribution in [3.05, 3.63) is 24.3 Å². The van der Waals surface area contributed by atoms with Gasteiger partial charge in [-0.3, -0.25) is 14.4 Å². The third kappa shape index (κ3) is 3.41. The number of ether oxygens (including phenoxy) is 1. The summed E-state index contributed by atoms with van der Waals surface area (Å²) < 4.78 is 4.86. The van der Waals surface area contributed by atoms with E-state index in [2.05, 4.69) is 0 Å². The first-order valence-electron chi connectivity index (χ1n) is 4.93. The molecule has 1 N–H and O–H groups in total. The first-order chi connectivity index (χ1) is 7.91. The summed E-state index contributed by atoms with van der Waals surface area (Å²) in [5.41, 5.74) is 0. The third-order valence-corrected chi connectivity index (χ3v) is 2.10. The molecule has 0 heterocycles. The molecule has 0 aromatic heterocycles. The van der Waals surface area contributed by atoms with E-state index in [0.717, 1.165) is 13.8 Å². The van der Waals surface area contributed by atoms with Crippen molar-refractivity contribution >= 4 is 17.5 Å². The number of hydrogen-bond donors (Lipinski definition) is 1. The second kappa shape index (κ2) is 5.25. The first-order valence-corrected chi connectivity index (χ1v) is 4.93. The van der Waals surface area contributed by atoms with Crippen molar-refractivity contribution in [3.63, 3.8) is 0 Å². The average molecular weight is 236 g/mol.